The van der Waals surface area contributed by atoms with Gasteiger partial charge in [-0.3, -0.25) is 4.79 Å². The van der Waals surface area contributed by atoms with E-state index in [1.165, 1.54) is 13.0 Å². The lowest BCUT2D eigenvalue weighted by Crippen LogP contribution is -2.22. The molecule has 0 saturated carbocycles. The number of carbonyl (C=O) groups excluding carboxylic acids is 1. The van der Waals surface area contributed by atoms with Crippen LogP contribution in [0, 0.1) is 11.6 Å². The van der Waals surface area contributed by atoms with Gasteiger partial charge in [0.25, 0.3) is 0 Å². The van der Waals surface area contributed by atoms with Crippen LogP contribution in [0.2, 0.25) is 0 Å². The lowest BCUT2D eigenvalue weighted by molar-refractivity contribution is -0.116. The van der Waals surface area contributed by atoms with Crippen LogP contribution in [0.1, 0.15) is 25.5 Å². The molecule has 5 heteroatoms. The number of anilines is 2. The fourth-order valence-corrected chi connectivity index (χ4v) is 2.08. The third-order valence-corrected chi connectivity index (χ3v) is 3.55. The molecule has 3 nitrogen and oxygen atoms in total. The van der Waals surface area contributed by atoms with Gasteiger partial charge in [-0.05, 0) is 48.9 Å². The van der Waals surface area contributed by atoms with Crippen molar-refractivity contribution < 1.29 is 13.6 Å². The van der Waals surface area contributed by atoms with Gasteiger partial charge in [-0.15, -0.1) is 0 Å². The molecule has 0 unspecified atom stereocenters. The number of carbonyl (C=O) groups is 1. The maximum Gasteiger partial charge on any atom is 0.223 e. The van der Waals surface area contributed by atoms with Crippen LogP contribution in [0.4, 0.5) is 20.2 Å². The second-order valence-electron chi connectivity index (χ2n) is 5.16. The molecule has 0 fully saturated rings. The SMILES string of the molecule is CC(=O)N(C)c1ccc(N[C@@H](C)c2ccc(F)c(F)c2)cc1. The Morgan fingerprint density at radius 2 is 1.73 bits per heavy atom. The van der Waals surface area contributed by atoms with Gasteiger partial charge in [0.15, 0.2) is 11.6 Å². The predicted molar refractivity (Wildman–Crippen MR) is 83.9 cm³/mol. The lowest BCUT2D eigenvalue weighted by Gasteiger charge is -2.18. The number of rotatable bonds is 4. The highest BCUT2D eigenvalue weighted by molar-refractivity contribution is 5.91. The number of nitrogens with zero attached hydrogens (tertiary/aromatic N) is 1. The zero-order chi connectivity index (χ0) is 16.3. The Labute approximate surface area is 128 Å². The maximum atomic E-state index is 13.3. The number of amides is 1. The smallest absolute Gasteiger partial charge is 0.223 e. The predicted octanol–water partition coefficient (Wildman–Crippen LogP) is 4.12. The van der Waals surface area contributed by atoms with Gasteiger partial charge >= 0.3 is 0 Å². The summed E-state index contributed by atoms with van der Waals surface area (Å²) in [7, 11) is 1.70. The summed E-state index contributed by atoms with van der Waals surface area (Å²) >= 11 is 0. The normalized spacial score (nSPS) is 11.9. The molecule has 0 aliphatic heterocycles. The zero-order valence-corrected chi connectivity index (χ0v) is 12.7. The minimum atomic E-state index is -0.857. The molecular formula is C17H18F2N2O. The Morgan fingerprint density at radius 3 is 2.27 bits per heavy atom. The molecule has 0 spiro atoms. The number of halogens is 2. The van der Waals surface area contributed by atoms with Crippen molar-refractivity contribution in [2.75, 3.05) is 17.3 Å². The van der Waals surface area contributed by atoms with Gasteiger partial charge in [-0.2, -0.15) is 0 Å². The molecule has 0 aliphatic rings. The summed E-state index contributed by atoms with van der Waals surface area (Å²) in [6.07, 6.45) is 0. The van der Waals surface area contributed by atoms with Crippen molar-refractivity contribution >= 4 is 17.3 Å². The first-order chi connectivity index (χ1) is 10.4. The molecule has 2 aromatic rings. The molecule has 22 heavy (non-hydrogen) atoms. The van der Waals surface area contributed by atoms with Crippen LogP contribution >= 0.6 is 0 Å². The average Bonchev–Trinajstić information content (AvgIpc) is 2.50. The van der Waals surface area contributed by atoms with Gasteiger partial charge in [0, 0.05) is 31.4 Å². The molecule has 1 atom stereocenters. The minimum absolute atomic E-state index is 0.0455. The van der Waals surface area contributed by atoms with Crippen LogP contribution < -0.4 is 10.2 Å². The molecule has 0 heterocycles. The summed E-state index contributed by atoms with van der Waals surface area (Å²) in [5, 5.41) is 3.21. The topological polar surface area (TPSA) is 32.3 Å². The third-order valence-electron chi connectivity index (χ3n) is 3.55. The quantitative estimate of drug-likeness (QED) is 0.921. The van der Waals surface area contributed by atoms with Gasteiger partial charge in [-0.1, -0.05) is 6.07 Å². The molecule has 1 amide bonds. The molecule has 0 aromatic heterocycles. The van der Waals surface area contributed by atoms with E-state index in [1.54, 1.807) is 18.0 Å². The minimum Gasteiger partial charge on any atom is -0.379 e. The Kier molecular flexibility index (Phi) is 4.75. The number of benzene rings is 2. The summed E-state index contributed by atoms with van der Waals surface area (Å²) in [5.41, 5.74) is 2.28. The number of hydrogen-bond acceptors (Lipinski definition) is 2. The van der Waals surface area contributed by atoms with E-state index in [4.69, 9.17) is 0 Å². The molecule has 1 N–H and O–H groups in total. The van der Waals surface area contributed by atoms with E-state index < -0.39 is 11.6 Å². The van der Waals surface area contributed by atoms with E-state index in [1.807, 2.05) is 31.2 Å². The first-order valence-corrected chi connectivity index (χ1v) is 6.94. The van der Waals surface area contributed by atoms with Crippen LogP contribution in [0.5, 0.6) is 0 Å². The summed E-state index contributed by atoms with van der Waals surface area (Å²) < 4.78 is 26.2. The average molecular weight is 304 g/mol. The van der Waals surface area contributed by atoms with E-state index in [0.29, 0.717) is 5.56 Å². The lowest BCUT2D eigenvalue weighted by atomic mass is 10.1. The van der Waals surface area contributed by atoms with Crippen LogP contribution in [-0.2, 0) is 4.79 Å². The van der Waals surface area contributed by atoms with Crippen molar-refractivity contribution in [2.24, 2.45) is 0 Å². The second-order valence-corrected chi connectivity index (χ2v) is 5.16. The highest BCUT2D eigenvalue weighted by Gasteiger charge is 2.10. The molecular weight excluding hydrogens is 286 g/mol. The standard InChI is InChI=1S/C17H18F2N2O/c1-11(13-4-9-16(18)17(19)10-13)20-14-5-7-15(8-6-14)21(3)12(2)22/h4-11,20H,1-3H3/t11-/m0/s1. The largest absolute Gasteiger partial charge is 0.379 e. The summed E-state index contributed by atoms with van der Waals surface area (Å²) in [5.74, 6) is -1.76. The third kappa shape index (κ3) is 3.61. The van der Waals surface area contributed by atoms with E-state index >= 15 is 0 Å². The van der Waals surface area contributed by atoms with E-state index in [-0.39, 0.29) is 11.9 Å². The Balaban J connectivity index is 2.09. The fraction of sp³-hybridized carbons (Fsp3) is 0.235. The van der Waals surface area contributed by atoms with E-state index in [2.05, 4.69) is 5.32 Å². The van der Waals surface area contributed by atoms with E-state index in [9.17, 15) is 13.6 Å². The molecule has 0 aliphatic carbocycles. The molecule has 2 rings (SSSR count). The van der Waals surface area contributed by atoms with Crippen molar-refractivity contribution in [1.29, 1.82) is 0 Å². The van der Waals surface area contributed by atoms with Crippen LogP contribution in [0.3, 0.4) is 0 Å². The van der Waals surface area contributed by atoms with Gasteiger partial charge in [0.1, 0.15) is 0 Å². The van der Waals surface area contributed by atoms with Gasteiger partial charge in [0.05, 0.1) is 0 Å². The van der Waals surface area contributed by atoms with Crippen molar-refractivity contribution in [3.63, 3.8) is 0 Å². The zero-order valence-electron chi connectivity index (χ0n) is 12.7. The van der Waals surface area contributed by atoms with Crippen LogP contribution in [0.15, 0.2) is 42.5 Å². The molecule has 116 valence electrons. The van der Waals surface area contributed by atoms with Gasteiger partial charge < -0.3 is 10.2 Å². The van der Waals surface area contributed by atoms with Crippen LogP contribution in [-0.4, -0.2) is 13.0 Å². The molecule has 0 saturated heterocycles. The highest BCUT2D eigenvalue weighted by Crippen LogP contribution is 2.23. The second kappa shape index (κ2) is 6.56. The summed E-state index contributed by atoms with van der Waals surface area (Å²) in [4.78, 5) is 12.8. The summed E-state index contributed by atoms with van der Waals surface area (Å²) in [6, 6.07) is 11.0. The first-order valence-electron chi connectivity index (χ1n) is 6.94. The first kappa shape index (κ1) is 15.9. The Morgan fingerprint density at radius 1 is 1.09 bits per heavy atom. The van der Waals surface area contributed by atoms with Gasteiger partial charge in [-0.25, -0.2) is 8.78 Å². The molecule has 2 aromatic carbocycles. The summed E-state index contributed by atoms with van der Waals surface area (Å²) in [6.45, 7) is 3.36. The monoisotopic (exact) mass is 304 g/mol. The number of hydrogen-bond donors (Lipinski definition) is 1. The van der Waals surface area contributed by atoms with Crippen LogP contribution in [0.25, 0.3) is 0 Å². The van der Waals surface area contributed by atoms with Crippen molar-refractivity contribution in [3.8, 4) is 0 Å². The Bertz CT molecular complexity index is 671. The number of nitrogens with one attached hydrogen (secondary N) is 1. The maximum absolute atomic E-state index is 13.3. The van der Waals surface area contributed by atoms with Crippen molar-refractivity contribution in [1.82, 2.24) is 0 Å². The van der Waals surface area contributed by atoms with Crippen molar-refractivity contribution in [3.05, 3.63) is 59.7 Å². The van der Waals surface area contributed by atoms with E-state index in [0.717, 1.165) is 17.4 Å². The van der Waals surface area contributed by atoms with Gasteiger partial charge in [0.2, 0.25) is 5.91 Å². The Hall–Kier alpha value is -2.43. The highest BCUT2D eigenvalue weighted by atomic mass is 19.2. The van der Waals surface area contributed by atoms with Crippen molar-refractivity contribution in [2.45, 2.75) is 19.9 Å². The molecule has 0 radical (unpaired) electrons. The molecule has 0 bridgehead atoms. The fourth-order valence-electron chi connectivity index (χ4n) is 2.08.